The fourth-order valence-electron chi connectivity index (χ4n) is 3.54. The minimum Gasteiger partial charge on any atom is -0.316 e. The Kier molecular flexibility index (Phi) is 3.89. The van der Waals surface area contributed by atoms with Crippen LogP contribution in [0.25, 0.3) is 0 Å². The second-order valence-corrected chi connectivity index (χ2v) is 6.69. The number of hydrogen-bond acceptors (Lipinski definition) is 3. The van der Waals surface area contributed by atoms with E-state index in [0.29, 0.717) is 5.41 Å². The molecule has 4 nitrogen and oxygen atoms in total. The van der Waals surface area contributed by atoms with Crippen molar-refractivity contribution in [2.75, 3.05) is 32.7 Å². The van der Waals surface area contributed by atoms with Crippen LogP contribution in [0, 0.1) is 11.3 Å². The van der Waals surface area contributed by atoms with Crippen molar-refractivity contribution < 1.29 is 0 Å². The SMILES string of the molecule is CC1(CN2CCC(Cn3cccn3)CC2)CCNC1. The van der Waals surface area contributed by atoms with Crippen molar-refractivity contribution in [3.05, 3.63) is 18.5 Å². The van der Waals surface area contributed by atoms with E-state index in [4.69, 9.17) is 0 Å². The molecule has 19 heavy (non-hydrogen) atoms. The van der Waals surface area contributed by atoms with E-state index in [2.05, 4.69) is 33.1 Å². The molecule has 1 atom stereocenters. The highest BCUT2D eigenvalue weighted by Gasteiger charge is 2.32. The number of hydrogen-bond donors (Lipinski definition) is 1. The number of piperidine rings is 1. The monoisotopic (exact) mass is 262 g/mol. The van der Waals surface area contributed by atoms with Gasteiger partial charge in [-0.25, -0.2) is 0 Å². The van der Waals surface area contributed by atoms with Gasteiger partial charge in [-0.2, -0.15) is 5.10 Å². The molecule has 2 saturated heterocycles. The fraction of sp³-hybridized carbons (Fsp3) is 0.800. The number of aromatic nitrogens is 2. The molecule has 3 rings (SSSR count). The van der Waals surface area contributed by atoms with Crippen molar-refractivity contribution >= 4 is 0 Å². The molecule has 0 radical (unpaired) electrons. The maximum Gasteiger partial charge on any atom is 0.0489 e. The molecule has 0 saturated carbocycles. The molecule has 106 valence electrons. The first-order valence-electron chi connectivity index (χ1n) is 7.64. The summed E-state index contributed by atoms with van der Waals surface area (Å²) in [4.78, 5) is 2.67. The molecule has 0 aliphatic carbocycles. The fourth-order valence-corrected chi connectivity index (χ4v) is 3.54. The second-order valence-electron chi connectivity index (χ2n) is 6.69. The van der Waals surface area contributed by atoms with Gasteiger partial charge in [-0.05, 0) is 56.3 Å². The lowest BCUT2D eigenvalue weighted by atomic mass is 9.87. The summed E-state index contributed by atoms with van der Waals surface area (Å²) in [5.41, 5.74) is 0.509. The van der Waals surface area contributed by atoms with Gasteiger partial charge in [0.2, 0.25) is 0 Å². The van der Waals surface area contributed by atoms with E-state index in [1.165, 1.54) is 52.0 Å². The normalized spacial score (nSPS) is 29.9. The molecule has 0 bridgehead atoms. The molecular formula is C15H26N4. The molecule has 2 aliphatic rings. The Balaban J connectivity index is 1.44. The lowest BCUT2D eigenvalue weighted by molar-refractivity contribution is 0.121. The van der Waals surface area contributed by atoms with Gasteiger partial charge < -0.3 is 10.2 Å². The molecule has 1 unspecified atom stereocenters. The third-order valence-corrected chi connectivity index (χ3v) is 4.77. The van der Waals surface area contributed by atoms with E-state index in [0.717, 1.165) is 12.5 Å². The van der Waals surface area contributed by atoms with Crippen molar-refractivity contribution in [1.29, 1.82) is 0 Å². The Morgan fingerprint density at radius 3 is 2.84 bits per heavy atom. The highest BCUT2D eigenvalue weighted by molar-refractivity contribution is 4.88. The van der Waals surface area contributed by atoms with Crippen LogP contribution in [0.5, 0.6) is 0 Å². The second kappa shape index (κ2) is 5.63. The van der Waals surface area contributed by atoms with Gasteiger partial charge in [0.1, 0.15) is 0 Å². The average molecular weight is 262 g/mol. The number of likely N-dealkylation sites (tertiary alicyclic amines) is 1. The zero-order valence-electron chi connectivity index (χ0n) is 12.0. The molecule has 2 aliphatic heterocycles. The molecule has 0 amide bonds. The van der Waals surface area contributed by atoms with E-state index in [-0.39, 0.29) is 0 Å². The largest absolute Gasteiger partial charge is 0.316 e. The van der Waals surface area contributed by atoms with Crippen molar-refractivity contribution in [2.45, 2.75) is 32.7 Å². The van der Waals surface area contributed by atoms with E-state index >= 15 is 0 Å². The number of rotatable bonds is 4. The topological polar surface area (TPSA) is 33.1 Å². The van der Waals surface area contributed by atoms with Gasteiger partial charge in [0.15, 0.2) is 0 Å². The van der Waals surface area contributed by atoms with Crippen molar-refractivity contribution in [1.82, 2.24) is 20.0 Å². The number of nitrogens with one attached hydrogen (secondary N) is 1. The van der Waals surface area contributed by atoms with Gasteiger partial charge in [-0.15, -0.1) is 0 Å². The highest BCUT2D eigenvalue weighted by Crippen LogP contribution is 2.28. The first-order valence-corrected chi connectivity index (χ1v) is 7.64. The van der Waals surface area contributed by atoms with Crippen LogP contribution in [0.2, 0.25) is 0 Å². The maximum atomic E-state index is 4.32. The predicted octanol–water partition coefficient (Wildman–Crippen LogP) is 1.59. The van der Waals surface area contributed by atoms with Crippen LogP contribution in [0.15, 0.2) is 18.5 Å². The summed E-state index contributed by atoms with van der Waals surface area (Å²) in [5.74, 6) is 0.811. The van der Waals surface area contributed by atoms with Gasteiger partial charge in [0, 0.05) is 32.0 Å². The van der Waals surface area contributed by atoms with Crippen LogP contribution in [-0.4, -0.2) is 47.4 Å². The molecule has 0 aromatic carbocycles. The minimum absolute atomic E-state index is 0.509. The Hall–Kier alpha value is -0.870. The van der Waals surface area contributed by atoms with Gasteiger partial charge in [-0.3, -0.25) is 4.68 Å². The molecule has 2 fully saturated rings. The van der Waals surface area contributed by atoms with Crippen molar-refractivity contribution in [3.63, 3.8) is 0 Å². The zero-order valence-corrected chi connectivity index (χ0v) is 12.0. The van der Waals surface area contributed by atoms with E-state index in [1.54, 1.807) is 0 Å². The average Bonchev–Trinajstić information content (AvgIpc) is 3.04. The maximum absolute atomic E-state index is 4.32. The predicted molar refractivity (Wildman–Crippen MR) is 77.0 cm³/mol. The van der Waals surface area contributed by atoms with Crippen LogP contribution in [-0.2, 0) is 6.54 Å². The summed E-state index contributed by atoms with van der Waals surface area (Å²) in [6, 6.07) is 2.02. The summed E-state index contributed by atoms with van der Waals surface area (Å²) in [6.45, 7) is 9.73. The van der Waals surface area contributed by atoms with Gasteiger partial charge in [0.25, 0.3) is 0 Å². The lowest BCUT2D eigenvalue weighted by Crippen LogP contribution is -2.42. The molecule has 1 aromatic rings. The molecular weight excluding hydrogens is 236 g/mol. The third-order valence-electron chi connectivity index (χ3n) is 4.77. The summed E-state index contributed by atoms with van der Waals surface area (Å²) >= 11 is 0. The molecule has 3 heterocycles. The van der Waals surface area contributed by atoms with Gasteiger partial charge >= 0.3 is 0 Å². The lowest BCUT2D eigenvalue weighted by Gasteiger charge is -2.37. The molecule has 1 aromatic heterocycles. The van der Waals surface area contributed by atoms with E-state index < -0.39 is 0 Å². The highest BCUT2D eigenvalue weighted by atomic mass is 15.3. The van der Waals surface area contributed by atoms with Crippen LogP contribution < -0.4 is 5.32 Å². The Morgan fingerprint density at radius 1 is 1.37 bits per heavy atom. The molecule has 1 N–H and O–H groups in total. The van der Waals surface area contributed by atoms with E-state index in [1.807, 2.05) is 12.3 Å². The van der Waals surface area contributed by atoms with Crippen LogP contribution in [0.3, 0.4) is 0 Å². The Bertz CT molecular complexity index is 373. The van der Waals surface area contributed by atoms with Gasteiger partial charge in [0.05, 0.1) is 0 Å². The van der Waals surface area contributed by atoms with Crippen molar-refractivity contribution in [2.24, 2.45) is 11.3 Å². The summed E-state index contributed by atoms with van der Waals surface area (Å²) < 4.78 is 2.09. The van der Waals surface area contributed by atoms with Crippen LogP contribution in [0.4, 0.5) is 0 Å². The van der Waals surface area contributed by atoms with Gasteiger partial charge in [-0.1, -0.05) is 6.92 Å². The number of nitrogens with zero attached hydrogens (tertiary/aromatic N) is 3. The first kappa shape index (κ1) is 13.1. The molecule has 4 heteroatoms. The quantitative estimate of drug-likeness (QED) is 0.894. The summed E-state index contributed by atoms with van der Waals surface area (Å²) in [5, 5.41) is 7.82. The smallest absolute Gasteiger partial charge is 0.0489 e. The van der Waals surface area contributed by atoms with Crippen LogP contribution in [0.1, 0.15) is 26.2 Å². The van der Waals surface area contributed by atoms with Crippen molar-refractivity contribution in [3.8, 4) is 0 Å². The minimum atomic E-state index is 0.509. The third kappa shape index (κ3) is 3.37. The summed E-state index contributed by atoms with van der Waals surface area (Å²) in [6.07, 6.45) is 7.94. The van der Waals surface area contributed by atoms with E-state index in [9.17, 15) is 0 Å². The summed E-state index contributed by atoms with van der Waals surface area (Å²) in [7, 11) is 0. The Labute approximate surface area is 116 Å². The van der Waals surface area contributed by atoms with Crippen LogP contribution >= 0.6 is 0 Å². The zero-order chi connectivity index (χ0) is 13.1. The first-order chi connectivity index (χ1) is 9.23. The standard InChI is InChI=1S/C15H26N4/c1-15(5-7-16-12-15)13-18-9-3-14(4-10-18)11-19-8-2-6-17-19/h2,6,8,14,16H,3-5,7,9-13H2,1H3. The Morgan fingerprint density at radius 2 is 2.21 bits per heavy atom. The molecule has 0 spiro atoms.